The zero-order valence-corrected chi connectivity index (χ0v) is 13.6. The molecule has 0 amide bonds. The SMILES string of the molecule is CCCOc1ccc(C2CNCC(C(CC)CC)O2)cc1. The Kier molecular flexibility index (Phi) is 6.52. The van der Waals surface area contributed by atoms with Crippen LogP contribution in [-0.4, -0.2) is 25.8 Å². The number of hydrogen-bond acceptors (Lipinski definition) is 3. The maximum absolute atomic E-state index is 6.33. The fourth-order valence-corrected chi connectivity index (χ4v) is 2.95. The van der Waals surface area contributed by atoms with Gasteiger partial charge in [0.1, 0.15) is 5.75 Å². The van der Waals surface area contributed by atoms with Gasteiger partial charge >= 0.3 is 0 Å². The lowest BCUT2D eigenvalue weighted by molar-refractivity contribution is -0.0688. The van der Waals surface area contributed by atoms with E-state index in [9.17, 15) is 0 Å². The van der Waals surface area contributed by atoms with E-state index in [1.807, 2.05) is 0 Å². The van der Waals surface area contributed by atoms with Gasteiger partial charge in [-0.1, -0.05) is 45.7 Å². The standard InChI is InChI=1S/C18H29NO2/c1-4-11-20-16-9-7-15(8-10-16)18-13-19-12-17(21-18)14(5-2)6-3/h7-10,14,17-19H,4-6,11-13H2,1-3H3. The predicted octanol–water partition coefficient (Wildman–Crippen LogP) is 3.94. The average molecular weight is 291 g/mol. The quantitative estimate of drug-likeness (QED) is 0.825. The van der Waals surface area contributed by atoms with Crippen molar-refractivity contribution in [1.29, 1.82) is 0 Å². The van der Waals surface area contributed by atoms with E-state index in [-0.39, 0.29) is 6.10 Å². The smallest absolute Gasteiger partial charge is 0.119 e. The summed E-state index contributed by atoms with van der Waals surface area (Å²) in [5, 5.41) is 3.53. The van der Waals surface area contributed by atoms with Gasteiger partial charge in [0, 0.05) is 13.1 Å². The Labute approximate surface area is 129 Å². The first-order chi connectivity index (χ1) is 10.3. The molecule has 1 saturated heterocycles. The van der Waals surface area contributed by atoms with Crippen molar-refractivity contribution < 1.29 is 9.47 Å². The van der Waals surface area contributed by atoms with Crippen LogP contribution in [0.2, 0.25) is 0 Å². The first kappa shape index (κ1) is 16.3. The number of hydrogen-bond donors (Lipinski definition) is 1. The van der Waals surface area contributed by atoms with Crippen LogP contribution >= 0.6 is 0 Å². The Balaban J connectivity index is 1.97. The summed E-state index contributed by atoms with van der Waals surface area (Å²) in [5.41, 5.74) is 1.24. The number of morpholine rings is 1. The first-order valence-electron chi connectivity index (χ1n) is 8.37. The van der Waals surface area contributed by atoms with E-state index >= 15 is 0 Å². The van der Waals surface area contributed by atoms with Gasteiger partial charge in [-0.25, -0.2) is 0 Å². The second kappa shape index (κ2) is 8.40. The molecule has 1 aliphatic rings. The molecule has 0 saturated carbocycles. The van der Waals surface area contributed by atoms with Gasteiger partial charge in [-0.05, 0) is 30.0 Å². The van der Waals surface area contributed by atoms with E-state index in [1.54, 1.807) is 0 Å². The summed E-state index contributed by atoms with van der Waals surface area (Å²) in [6, 6.07) is 8.36. The highest BCUT2D eigenvalue weighted by molar-refractivity contribution is 5.29. The van der Waals surface area contributed by atoms with Crippen molar-refractivity contribution in [3.8, 4) is 5.75 Å². The number of nitrogens with one attached hydrogen (secondary N) is 1. The van der Waals surface area contributed by atoms with Crippen LogP contribution in [0.3, 0.4) is 0 Å². The molecule has 0 radical (unpaired) electrons. The highest BCUT2D eigenvalue weighted by Gasteiger charge is 2.27. The van der Waals surface area contributed by atoms with Crippen molar-refractivity contribution in [2.24, 2.45) is 5.92 Å². The molecular formula is C18H29NO2. The molecule has 2 rings (SSSR count). The number of rotatable bonds is 7. The minimum atomic E-state index is 0.157. The molecule has 0 spiro atoms. The third-order valence-corrected chi connectivity index (χ3v) is 4.31. The topological polar surface area (TPSA) is 30.5 Å². The van der Waals surface area contributed by atoms with E-state index in [1.165, 1.54) is 18.4 Å². The molecular weight excluding hydrogens is 262 g/mol. The summed E-state index contributed by atoms with van der Waals surface area (Å²) in [4.78, 5) is 0. The molecule has 1 heterocycles. The van der Waals surface area contributed by atoms with Crippen LogP contribution in [0, 0.1) is 5.92 Å². The van der Waals surface area contributed by atoms with Crippen molar-refractivity contribution in [3.63, 3.8) is 0 Å². The summed E-state index contributed by atoms with van der Waals surface area (Å²) in [5.74, 6) is 1.59. The molecule has 0 aromatic heterocycles. The van der Waals surface area contributed by atoms with Gasteiger partial charge in [0.25, 0.3) is 0 Å². The maximum atomic E-state index is 6.33. The molecule has 1 N–H and O–H groups in total. The third-order valence-electron chi connectivity index (χ3n) is 4.31. The lowest BCUT2D eigenvalue weighted by Gasteiger charge is -2.35. The molecule has 118 valence electrons. The molecule has 0 bridgehead atoms. The molecule has 1 fully saturated rings. The zero-order chi connectivity index (χ0) is 15.1. The van der Waals surface area contributed by atoms with Gasteiger partial charge in [-0.15, -0.1) is 0 Å². The highest BCUT2D eigenvalue weighted by Crippen LogP contribution is 2.28. The Bertz CT molecular complexity index is 400. The van der Waals surface area contributed by atoms with E-state index < -0.39 is 0 Å². The van der Waals surface area contributed by atoms with Crippen molar-refractivity contribution in [1.82, 2.24) is 5.32 Å². The van der Waals surface area contributed by atoms with E-state index in [4.69, 9.17) is 9.47 Å². The molecule has 2 unspecified atom stereocenters. The molecule has 1 aromatic carbocycles. The maximum Gasteiger partial charge on any atom is 0.119 e. The summed E-state index contributed by atoms with van der Waals surface area (Å²) in [6.07, 6.45) is 3.88. The summed E-state index contributed by atoms with van der Waals surface area (Å²) in [6.45, 7) is 9.26. The van der Waals surface area contributed by atoms with Crippen LogP contribution in [0.15, 0.2) is 24.3 Å². The van der Waals surface area contributed by atoms with Crippen molar-refractivity contribution >= 4 is 0 Å². The van der Waals surface area contributed by atoms with E-state index in [2.05, 4.69) is 50.4 Å². The molecule has 1 aliphatic heterocycles. The highest BCUT2D eigenvalue weighted by atomic mass is 16.5. The summed E-state index contributed by atoms with van der Waals surface area (Å²) in [7, 11) is 0. The fraction of sp³-hybridized carbons (Fsp3) is 0.667. The van der Waals surface area contributed by atoms with E-state index in [0.29, 0.717) is 12.0 Å². The Morgan fingerprint density at radius 2 is 1.86 bits per heavy atom. The Hall–Kier alpha value is -1.06. The van der Waals surface area contributed by atoms with Crippen LogP contribution in [0.25, 0.3) is 0 Å². The van der Waals surface area contributed by atoms with Crippen molar-refractivity contribution in [2.75, 3.05) is 19.7 Å². The van der Waals surface area contributed by atoms with E-state index in [0.717, 1.165) is 31.9 Å². The molecule has 1 aromatic rings. The average Bonchev–Trinajstić information content (AvgIpc) is 2.55. The normalized spacial score (nSPS) is 22.5. The van der Waals surface area contributed by atoms with Crippen molar-refractivity contribution in [3.05, 3.63) is 29.8 Å². The second-order valence-corrected chi connectivity index (χ2v) is 5.82. The van der Waals surface area contributed by atoms with Crippen LogP contribution in [0.5, 0.6) is 5.75 Å². The molecule has 0 aliphatic carbocycles. The first-order valence-corrected chi connectivity index (χ1v) is 8.37. The lowest BCUT2D eigenvalue weighted by Crippen LogP contribution is -2.44. The van der Waals surface area contributed by atoms with Gasteiger partial charge in [0.2, 0.25) is 0 Å². The monoisotopic (exact) mass is 291 g/mol. The Morgan fingerprint density at radius 3 is 2.48 bits per heavy atom. The van der Waals surface area contributed by atoms with Gasteiger partial charge in [-0.2, -0.15) is 0 Å². The molecule has 2 atom stereocenters. The third kappa shape index (κ3) is 4.45. The largest absolute Gasteiger partial charge is 0.494 e. The minimum absolute atomic E-state index is 0.157. The minimum Gasteiger partial charge on any atom is -0.494 e. The van der Waals surface area contributed by atoms with Gasteiger partial charge in [0.05, 0.1) is 18.8 Å². The zero-order valence-electron chi connectivity index (χ0n) is 13.6. The number of ether oxygens (including phenoxy) is 2. The molecule has 3 heteroatoms. The fourth-order valence-electron chi connectivity index (χ4n) is 2.95. The molecule has 3 nitrogen and oxygen atoms in total. The summed E-state index contributed by atoms with van der Waals surface area (Å²) < 4.78 is 12.0. The second-order valence-electron chi connectivity index (χ2n) is 5.82. The van der Waals surface area contributed by atoms with Crippen LogP contribution in [0.4, 0.5) is 0 Å². The lowest BCUT2D eigenvalue weighted by atomic mass is 9.94. The van der Waals surface area contributed by atoms with Gasteiger partial charge in [-0.3, -0.25) is 0 Å². The summed E-state index contributed by atoms with van der Waals surface area (Å²) >= 11 is 0. The Morgan fingerprint density at radius 1 is 1.14 bits per heavy atom. The van der Waals surface area contributed by atoms with Crippen LogP contribution in [-0.2, 0) is 4.74 Å². The van der Waals surface area contributed by atoms with Crippen LogP contribution in [0.1, 0.15) is 51.7 Å². The van der Waals surface area contributed by atoms with Crippen molar-refractivity contribution in [2.45, 2.75) is 52.2 Å². The predicted molar refractivity (Wildman–Crippen MR) is 86.8 cm³/mol. The molecule has 21 heavy (non-hydrogen) atoms. The van der Waals surface area contributed by atoms with Gasteiger partial charge in [0.15, 0.2) is 0 Å². The van der Waals surface area contributed by atoms with Gasteiger partial charge < -0.3 is 14.8 Å². The van der Waals surface area contributed by atoms with Crippen LogP contribution < -0.4 is 10.1 Å². The number of benzene rings is 1.